The maximum Gasteiger partial charge on any atom is 0.206 e. The third-order valence-corrected chi connectivity index (χ3v) is 14.1. The van der Waals surface area contributed by atoms with Gasteiger partial charge in [0.05, 0.1) is 19.6 Å². The van der Waals surface area contributed by atoms with Gasteiger partial charge in [-0.2, -0.15) is 0 Å². The van der Waals surface area contributed by atoms with Crippen molar-refractivity contribution in [2.75, 3.05) is 30.3 Å². The first-order valence-electron chi connectivity index (χ1n) is 17.2. The number of hydrogen-bond donors (Lipinski definition) is 4. The van der Waals surface area contributed by atoms with E-state index in [1.54, 1.807) is 24.3 Å². The predicted octanol–water partition coefficient (Wildman–Crippen LogP) is 6.47. The minimum Gasteiger partial charge on any atom is -0.381 e. The number of sulfone groups is 2. The third kappa shape index (κ3) is 6.66. The Bertz CT molecular complexity index is 2090. The Hall–Kier alpha value is -3.84. The number of anilines is 2. The number of halogens is 2. The summed E-state index contributed by atoms with van der Waals surface area (Å²) in [5, 5.41) is 14.0. The van der Waals surface area contributed by atoms with Gasteiger partial charge in [0.15, 0.2) is 0 Å². The molecule has 4 aromatic rings. The van der Waals surface area contributed by atoms with E-state index >= 15 is 0 Å². The number of hydrogen-bond acceptors (Lipinski definition) is 8. The fourth-order valence-electron chi connectivity index (χ4n) is 7.90. The molecule has 2 saturated heterocycles. The molecule has 4 aliphatic rings. The van der Waals surface area contributed by atoms with E-state index in [0.29, 0.717) is 35.9 Å². The van der Waals surface area contributed by atoms with Gasteiger partial charge in [-0.05, 0) is 148 Å². The largest absolute Gasteiger partial charge is 0.381 e. The average molecular weight is 721 g/mol. The predicted molar refractivity (Wildman–Crippen MR) is 190 cm³/mol. The SMILES string of the molecule is CC1CNCC[C@@H]2c3cc(S(=O)(=O)c4ccc(F)cc4)ccc3N[C@@H]12.CC1C[C@H]2Nc3ccc(S(=O)(=O)c4ccc(F)cc4)cc3[C@H]2CCN1. The van der Waals surface area contributed by atoms with Crippen LogP contribution in [0.2, 0.25) is 0 Å². The first kappa shape index (κ1) is 34.6. The number of benzene rings is 4. The lowest BCUT2D eigenvalue weighted by Gasteiger charge is -2.22. The van der Waals surface area contributed by atoms with Crippen molar-refractivity contribution < 1.29 is 25.6 Å². The van der Waals surface area contributed by atoms with E-state index < -0.39 is 31.3 Å². The average Bonchev–Trinajstić information content (AvgIpc) is 3.49. The molecule has 50 heavy (non-hydrogen) atoms. The van der Waals surface area contributed by atoms with Gasteiger partial charge in [-0.3, -0.25) is 0 Å². The van der Waals surface area contributed by atoms with Gasteiger partial charge in [-0.15, -0.1) is 0 Å². The molecule has 0 radical (unpaired) electrons. The van der Waals surface area contributed by atoms with Crippen molar-refractivity contribution in [2.45, 2.75) is 82.7 Å². The smallest absolute Gasteiger partial charge is 0.206 e. The van der Waals surface area contributed by atoms with Crippen LogP contribution in [0.25, 0.3) is 0 Å². The highest BCUT2D eigenvalue weighted by Crippen LogP contribution is 2.44. The maximum atomic E-state index is 13.1. The Labute approximate surface area is 292 Å². The highest BCUT2D eigenvalue weighted by atomic mass is 32.2. The van der Waals surface area contributed by atoms with E-state index in [0.717, 1.165) is 61.4 Å². The topological polar surface area (TPSA) is 116 Å². The zero-order valence-electron chi connectivity index (χ0n) is 28.0. The van der Waals surface area contributed by atoms with Gasteiger partial charge in [0.1, 0.15) is 11.6 Å². The monoisotopic (exact) mass is 720 g/mol. The molecule has 0 aliphatic carbocycles. The Kier molecular flexibility index (Phi) is 9.48. The molecule has 0 aromatic heterocycles. The van der Waals surface area contributed by atoms with Gasteiger partial charge < -0.3 is 21.3 Å². The van der Waals surface area contributed by atoms with Crippen LogP contribution < -0.4 is 21.3 Å². The molecule has 6 atom stereocenters. The zero-order valence-corrected chi connectivity index (χ0v) is 29.6. The molecule has 2 fully saturated rings. The fraction of sp³-hybridized carbons (Fsp3) is 0.368. The highest BCUT2D eigenvalue weighted by Gasteiger charge is 2.38. The molecular formula is C38H42F2N4O4S2. The minimum absolute atomic E-state index is 0.118. The molecule has 0 saturated carbocycles. The third-order valence-electron chi connectivity index (χ3n) is 10.6. The van der Waals surface area contributed by atoms with Gasteiger partial charge in [0.25, 0.3) is 0 Å². The molecule has 4 N–H and O–H groups in total. The number of rotatable bonds is 4. The maximum absolute atomic E-state index is 13.1. The van der Waals surface area contributed by atoms with Crippen LogP contribution in [0.4, 0.5) is 20.2 Å². The van der Waals surface area contributed by atoms with Crippen LogP contribution >= 0.6 is 0 Å². The summed E-state index contributed by atoms with van der Waals surface area (Å²) in [5.41, 5.74) is 4.21. The van der Waals surface area contributed by atoms with Crippen molar-refractivity contribution in [3.8, 4) is 0 Å². The van der Waals surface area contributed by atoms with Crippen LogP contribution in [-0.2, 0) is 19.7 Å². The molecule has 0 spiro atoms. The van der Waals surface area contributed by atoms with Gasteiger partial charge in [-0.1, -0.05) is 6.92 Å². The summed E-state index contributed by atoms with van der Waals surface area (Å²) in [5.74, 6) is 0.205. The van der Waals surface area contributed by atoms with Crippen LogP contribution in [0, 0.1) is 17.6 Å². The van der Waals surface area contributed by atoms with Crippen molar-refractivity contribution in [1.29, 1.82) is 0 Å². The lowest BCUT2D eigenvalue weighted by molar-refractivity contribution is 0.454. The second-order valence-electron chi connectivity index (χ2n) is 13.9. The van der Waals surface area contributed by atoms with Crippen molar-refractivity contribution >= 4 is 31.0 Å². The summed E-state index contributed by atoms with van der Waals surface area (Å²) in [4.78, 5) is 0.774. The van der Waals surface area contributed by atoms with Crippen molar-refractivity contribution in [3.63, 3.8) is 0 Å². The normalized spacial score (nSPS) is 25.6. The van der Waals surface area contributed by atoms with Crippen LogP contribution in [0.1, 0.15) is 56.1 Å². The van der Waals surface area contributed by atoms with Crippen LogP contribution in [-0.4, -0.2) is 54.6 Å². The van der Waals surface area contributed by atoms with Crippen molar-refractivity contribution in [3.05, 3.63) is 108 Å². The van der Waals surface area contributed by atoms with E-state index in [-0.39, 0.29) is 19.6 Å². The molecule has 4 heterocycles. The van der Waals surface area contributed by atoms with E-state index in [4.69, 9.17) is 0 Å². The van der Waals surface area contributed by atoms with Crippen LogP contribution in [0.5, 0.6) is 0 Å². The number of fused-ring (bicyclic) bond motifs is 6. The standard InChI is InChI=1S/2C19H21FN2O2S/c1-12-11-21-9-8-16-17-10-15(6-7-18(17)22-19(12)16)25(23,24)14-4-2-13(20)3-5-14;1-12-10-19-16(8-9-21-12)17-11-15(6-7-18(17)22-19)25(23,24)14-4-2-13(20)3-5-14/h2-7,10,12,16,19,21-22H,8-9,11H2,1H3;2-7,11-12,16,19,21-22H,8-10H2,1H3/t12?,16-,19+;12?,16-,19-/m11/s1. The first-order chi connectivity index (χ1) is 23.9. The van der Waals surface area contributed by atoms with Crippen LogP contribution in [0.15, 0.2) is 105 Å². The summed E-state index contributed by atoms with van der Waals surface area (Å²) in [6, 6.07) is 21.7. The number of nitrogens with one attached hydrogen (secondary N) is 4. The summed E-state index contributed by atoms with van der Waals surface area (Å²) < 4.78 is 77.7. The molecule has 12 heteroatoms. The fourth-order valence-corrected chi connectivity index (χ4v) is 10.5. The summed E-state index contributed by atoms with van der Waals surface area (Å²) >= 11 is 0. The summed E-state index contributed by atoms with van der Waals surface area (Å²) in [6.45, 7) is 7.21. The van der Waals surface area contributed by atoms with Gasteiger partial charge in [0, 0.05) is 41.3 Å². The van der Waals surface area contributed by atoms with Gasteiger partial charge in [0.2, 0.25) is 19.7 Å². The second-order valence-corrected chi connectivity index (χ2v) is 17.8. The van der Waals surface area contributed by atoms with Crippen molar-refractivity contribution in [2.24, 2.45) is 5.92 Å². The summed E-state index contributed by atoms with van der Waals surface area (Å²) in [6.07, 6.45) is 2.98. The highest BCUT2D eigenvalue weighted by molar-refractivity contribution is 7.91. The lowest BCUT2D eigenvalue weighted by atomic mass is 9.87. The minimum atomic E-state index is -3.65. The molecule has 8 rings (SSSR count). The van der Waals surface area contributed by atoms with E-state index in [1.165, 1.54) is 48.5 Å². The van der Waals surface area contributed by atoms with Gasteiger partial charge >= 0.3 is 0 Å². The lowest BCUT2D eigenvalue weighted by Crippen LogP contribution is -2.31. The molecule has 264 valence electrons. The zero-order chi connectivity index (χ0) is 35.2. The van der Waals surface area contributed by atoms with Gasteiger partial charge in [-0.25, -0.2) is 25.6 Å². The van der Waals surface area contributed by atoms with E-state index in [2.05, 4.69) is 35.1 Å². The first-order valence-corrected chi connectivity index (χ1v) is 20.1. The quantitative estimate of drug-likeness (QED) is 0.177. The molecule has 8 nitrogen and oxygen atoms in total. The molecular weight excluding hydrogens is 679 g/mol. The van der Waals surface area contributed by atoms with Crippen molar-refractivity contribution in [1.82, 2.24) is 10.6 Å². The Balaban J connectivity index is 0.000000157. The molecule has 2 unspecified atom stereocenters. The molecule has 4 aromatic carbocycles. The second kappa shape index (κ2) is 13.7. The molecule has 4 aliphatic heterocycles. The molecule has 0 bridgehead atoms. The van der Waals surface area contributed by atoms with E-state index in [1.807, 2.05) is 12.1 Å². The Morgan fingerprint density at radius 1 is 0.620 bits per heavy atom. The molecule has 0 amide bonds. The summed E-state index contributed by atoms with van der Waals surface area (Å²) in [7, 11) is -7.29. The Morgan fingerprint density at radius 2 is 1.12 bits per heavy atom. The van der Waals surface area contributed by atoms with Crippen LogP contribution in [0.3, 0.4) is 0 Å². The Morgan fingerprint density at radius 3 is 1.70 bits per heavy atom. The van der Waals surface area contributed by atoms with E-state index in [9.17, 15) is 25.6 Å².